The Labute approximate surface area is 168 Å². The first-order chi connectivity index (χ1) is 13.3. The molecule has 28 heavy (non-hydrogen) atoms. The zero-order chi connectivity index (χ0) is 20.1. The first-order valence-corrected chi connectivity index (χ1v) is 10.4. The van der Waals surface area contributed by atoms with Crippen molar-refractivity contribution in [2.75, 3.05) is 32.8 Å². The van der Waals surface area contributed by atoms with Crippen LogP contribution in [0.15, 0.2) is 24.3 Å². The van der Waals surface area contributed by atoms with Crippen molar-refractivity contribution in [3.63, 3.8) is 0 Å². The van der Waals surface area contributed by atoms with Crippen LogP contribution in [0.4, 0.5) is 4.79 Å². The van der Waals surface area contributed by atoms with Gasteiger partial charge in [-0.25, -0.2) is 4.79 Å². The minimum atomic E-state index is -0.526. The highest BCUT2D eigenvalue weighted by Gasteiger charge is 2.28. The normalized spacial score (nSPS) is 21.9. The molecule has 0 aliphatic carbocycles. The molecule has 3 rings (SSSR count). The van der Waals surface area contributed by atoms with Crippen molar-refractivity contribution >= 4 is 6.09 Å². The van der Waals surface area contributed by atoms with Gasteiger partial charge in [0.05, 0.1) is 25.4 Å². The van der Waals surface area contributed by atoms with E-state index in [9.17, 15) is 9.90 Å². The van der Waals surface area contributed by atoms with Crippen molar-refractivity contribution in [3.8, 4) is 0 Å². The highest BCUT2D eigenvalue weighted by molar-refractivity contribution is 5.68. The molecule has 1 saturated heterocycles. The minimum Gasteiger partial charge on any atom is -0.444 e. The zero-order valence-corrected chi connectivity index (χ0v) is 17.4. The van der Waals surface area contributed by atoms with E-state index in [0.29, 0.717) is 26.2 Å². The number of nitrogens with zero attached hydrogens (tertiary/aromatic N) is 2. The van der Waals surface area contributed by atoms with Gasteiger partial charge in [-0.3, -0.25) is 4.90 Å². The second-order valence-corrected chi connectivity index (χ2v) is 8.93. The van der Waals surface area contributed by atoms with E-state index in [1.807, 2.05) is 20.8 Å². The third-order valence-corrected chi connectivity index (χ3v) is 5.23. The molecule has 6 heteroatoms. The maximum atomic E-state index is 12.3. The topological polar surface area (TPSA) is 62.2 Å². The lowest BCUT2D eigenvalue weighted by Crippen LogP contribution is -2.46. The molecule has 2 atom stereocenters. The maximum Gasteiger partial charge on any atom is 0.410 e. The van der Waals surface area contributed by atoms with E-state index in [1.165, 1.54) is 11.1 Å². The van der Waals surface area contributed by atoms with Gasteiger partial charge in [0.2, 0.25) is 0 Å². The second-order valence-electron chi connectivity index (χ2n) is 8.93. The van der Waals surface area contributed by atoms with Gasteiger partial charge in [0.1, 0.15) is 5.60 Å². The molecule has 1 N–H and O–H groups in total. The van der Waals surface area contributed by atoms with Crippen molar-refractivity contribution in [1.29, 1.82) is 0 Å². The number of aliphatic hydroxyl groups is 1. The van der Waals surface area contributed by atoms with E-state index in [1.54, 1.807) is 4.90 Å². The number of carbonyl (C=O) groups excluding carboxylic acids is 1. The summed E-state index contributed by atoms with van der Waals surface area (Å²) in [5.74, 6) is 0. The van der Waals surface area contributed by atoms with Crippen LogP contribution < -0.4 is 0 Å². The van der Waals surface area contributed by atoms with Crippen molar-refractivity contribution in [3.05, 3.63) is 35.4 Å². The van der Waals surface area contributed by atoms with Crippen molar-refractivity contribution in [2.45, 2.75) is 64.4 Å². The van der Waals surface area contributed by atoms with Crippen LogP contribution in [-0.2, 0) is 22.4 Å². The SMILES string of the molecule is CC(C)(C)OC(=O)N1CCCC(OCC(O)CN2CCc3ccccc3C2)C1. The van der Waals surface area contributed by atoms with Gasteiger partial charge in [-0.15, -0.1) is 0 Å². The molecule has 1 aromatic rings. The first kappa shape index (κ1) is 21.1. The highest BCUT2D eigenvalue weighted by Crippen LogP contribution is 2.20. The number of carbonyl (C=O) groups is 1. The Kier molecular flexibility index (Phi) is 6.96. The Morgan fingerprint density at radius 3 is 2.75 bits per heavy atom. The molecule has 0 radical (unpaired) electrons. The van der Waals surface area contributed by atoms with Crippen molar-refractivity contribution in [1.82, 2.24) is 9.80 Å². The number of fused-ring (bicyclic) bond motifs is 1. The fourth-order valence-corrected chi connectivity index (χ4v) is 3.87. The van der Waals surface area contributed by atoms with E-state index in [2.05, 4.69) is 29.2 Å². The Balaban J connectivity index is 1.41. The van der Waals surface area contributed by atoms with Gasteiger partial charge >= 0.3 is 6.09 Å². The quantitative estimate of drug-likeness (QED) is 0.838. The Morgan fingerprint density at radius 1 is 1.25 bits per heavy atom. The molecular formula is C22H34N2O4. The molecule has 1 aromatic carbocycles. The molecule has 2 aliphatic heterocycles. The van der Waals surface area contributed by atoms with Crippen LogP contribution >= 0.6 is 0 Å². The number of likely N-dealkylation sites (tertiary alicyclic amines) is 1. The average molecular weight is 391 g/mol. The van der Waals surface area contributed by atoms with Crippen LogP contribution in [0.2, 0.25) is 0 Å². The van der Waals surface area contributed by atoms with Crippen LogP contribution in [0.3, 0.4) is 0 Å². The summed E-state index contributed by atoms with van der Waals surface area (Å²) in [6.07, 6.45) is 1.97. The van der Waals surface area contributed by atoms with Crippen molar-refractivity contribution in [2.24, 2.45) is 0 Å². The summed E-state index contributed by atoms with van der Waals surface area (Å²) in [6.45, 7) is 9.59. The molecule has 6 nitrogen and oxygen atoms in total. The Hall–Kier alpha value is -1.63. The van der Waals surface area contributed by atoms with Gasteiger partial charge in [-0.05, 0) is 51.2 Å². The number of amides is 1. The predicted octanol–water partition coefficient (Wildman–Crippen LogP) is 2.82. The average Bonchev–Trinajstić information content (AvgIpc) is 2.65. The summed E-state index contributed by atoms with van der Waals surface area (Å²) in [5, 5.41) is 10.4. The van der Waals surface area contributed by atoms with Crippen LogP contribution in [0, 0.1) is 0 Å². The van der Waals surface area contributed by atoms with Crippen LogP contribution in [0.25, 0.3) is 0 Å². The summed E-state index contributed by atoms with van der Waals surface area (Å²) in [7, 11) is 0. The minimum absolute atomic E-state index is 0.0435. The van der Waals surface area contributed by atoms with E-state index >= 15 is 0 Å². The van der Waals surface area contributed by atoms with E-state index in [-0.39, 0.29) is 12.2 Å². The number of ether oxygens (including phenoxy) is 2. The smallest absolute Gasteiger partial charge is 0.410 e. The van der Waals surface area contributed by atoms with Gasteiger partial charge in [0.15, 0.2) is 0 Å². The lowest BCUT2D eigenvalue weighted by atomic mass is 10.00. The standard InChI is InChI=1S/C22H34N2O4/c1-22(2,3)28-21(26)24-11-6-9-20(15-24)27-16-19(25)14-23-12-10-17-7-4-5-8-18(17)13-23/h4-5,7-8,19-20,25H,6,9-16H2,1-3H3. The fourth-order valence-electron chi connectivity index (χ4n) is 3.87. The monoisotopic (exact) mass is 390 g/mol. The number of hydrogen-bond acceptors (Lipinski definition) is 5. The number of benzene rings is 1. The molecule has 1 fully saturated rings. The maximum absolute atomic E-state index is 12.3. The molecule has 2 heterocycles. The lowest BCUT2D eigenvalue weighted by Gasteiger charge is -2.35. The Morgan fingerprint density at radius 2 is 2.00 bits per heavy atom. The number of rotatable bonds is 5. The van der Waals surface area contributed by atoms with Crippen LogP contribution in [0.1, 0.15) is 44.7 Å². The highest BCUT2D eigenvalue weighted by atomic mass is 16.6. The molecule has 0 bridgehead atoms. The summed E-state index contributed by atoms with van der Waals surface area (Å²) in [6, 6.07) is 8.51. The molecule has 156 valence electrons. The van der Waals surface area contributed by atoms with Gasteiger partial charge < -0.3 is 19.5 Å². The largest absolute Gasteiger partial charge is 0.444 e. The Bertz CT molecular complexity index is 658. The molecule has 0 aromatic heterocycles. The summed E-state index contributed by atoms with van der Waals surface area (Å²) < 4.78 is 11.4. The third-order valence-electron chi connectivity index (χ3n) is 5.23. The summed E-state index contributed by atoms with van der Waals surface area (Å²) in [4.78, 5) is 16.3. The fraction of sp³-hybridized carbons (Fsp3) is 0.682. The van der Waals surface area contributed by atoms with Crippen LogP contribution in [0.5, 0.6) is 0 Å². The first-order valence-electron chi connectivity index (χ1n) is 10.4. The van der Waals surface area contributed by atoms with E-state index < -0.39 is 11.7 Å². The van der Waals surface area contributed by atoms with Crippen LogP contribution in [-0.4, -0.2) is 71.6 Å². The third kappa shape index (κ3) is 6.19. The summed E-state index contributed by atoms with van der Waals surface area (Å²) >= 11 is 0. The number of piperidine rings is 1. The molecular weight excluding hydrogens is 356 g/mol. The van der Waals surface area contributed by atoms with Gasteiger partial charge in [0, 0.05) is 26.2 Å². The van der Waals surface area contributed by atoms with E-state index in [0.717, 1.165) is 32.4 Å². The number of β-amino-alcohol motifs (C(OH)–C–C–N with tert-alkyl or cyclic N) is 1. The molecule has 0 saturated carbocycles. The second kappa shape index (κ2) is 9.25. The number of hydrogen-bond donors (Lipinski definition) is 1. The van der Waals surface area contributed by atoms with Crippen molar-refractivity contribution < 1.29 is 19.4 Å². The van der Waals surface area contributed by atoms with Gasteiger partial charge in [-0.2, -0.15) is 0 Å². The molecule has 1 amide bonds. The molecule has 2 unspecified atom stereocenters. The van der Waals surface area contributed by atoms with E-state index in [4.69, 9.17) is 9.47 Å². The van der Waals surface area contributed by atoms with Gasteiger partial charge in [-0.1, -0.05) is 24.3 Å². The molecule has 0 spiro atoms. The predicted molar refractivity (Wildman–Crippen MR) is 108 cm³/mol. The van der Waals surface area contributed by atoms with Gasteiger partial charge in [0.25, 0.3) is 0 Å². The number of aliphatic hydroxyl groups excluding tert-OH is 1. The lowest BCUT2D eigenvalue weighted by molar-refractivity contribution is -0.0520. The summed E-state index contributed by atoms with van der Waals surface area (Å²) in [5.41, 5.74) is 2.27. The zero-order valence-electron chi connectivity index (χ0n) is 17.4. The molecule has 2 aliphatic rings.